The zero-order valence-corrected chi connectivity index (χ0v) is 18.0. The van der Waals surface area contributed by atoms with Gasteiger partial charge in [-0.15, -0.1) is 0 Å². The van der Waals surface area contributed by atoms with E-state index in [2.05, 4.69) is 5.32 Å². The van der Waals surface area contributed by atoms with E-state index >= 15 is 0 Å². The average Bonchev–Trinajstić information content (AvgIpc) is 2.79. The maximum atomic E-state index is 14.2. The Morgan fingerprint density at radius 3 is 2.31 bits per heavy atom. The summed E-state index contributed by atoms with van der Waals surface area (Å²) in [5.74, 6) is -2.92. The summed E-state index contributed by atoms with van der Waals surface area (Å²) in [6.45, 7) is 1.08. The predicted molar refractivity (Wildman–Crippen MR) is 117 cm³/mol. The molecule has 168 valence electrons. The summed E-state index contributed by atoms with van der Waals surface area (Å²) in [6, 6.07) is 18.4. The minimum atomic E-state index is -0.978. The van der Waals surface area contributed by atoms with E-state index < -0.39 is 29.2 Å². The number of nitrogens with one attached hydrogen (secondary N) is 1. The first kappa shape index (κ1) is 22.8. The number of rotatable bonds is 7. The van der Waals surface area contributed by atoms with Crippen LogP contribution in [0.4, 0.5) is 13.2 Å². The van der Waals surface area contributed by atoms with Crippen LogP contribution in [-0.2, 0) is 28.3 Å². The molecule has 1 heterocycles. The number of benzene rings is 3. The van der Waals surface area contributed by atoms with Crippen molar-refractivity contribution in [1.82, 2.24) is 5.32 Å². The molecular formula is C25H23ClF3NO2. The Hall–Kier alpha value is -2.38. The lowest BCUT2D eigenvalue weighted by atomic mass is 9.82. The van der Waals surface area contributed by atoms with Crippen molar-refractivity contribution in [3.63, 3.8) is 0 Å². The van der Waals surface area contributed by atoms with Crippen molar-refractivity contribution in [3.8, 4) is 0 Å². The Labute approximate surface area is 190 Å². The second kappa shape index (κ2) is 10.0. The number of hydrogen-bond donors (Lipinski definition) is 1. The van der Waals surface area contributed by atoms with Gasteiger partial charge in [0.1, 0.15) is 29.2 Å². The van der Waals surface area contributed by atoms with Crippen molar-refractivity contribution in [3.05, 3.63) is 106 Å². The van der Waals surface area contributed by atoms with Gasteiger partial charge in [0, 0.05) is 29.3 Å². The van der Waals surface area contributed by atoms with Crippen molar-refractivity contribution < 1.29 is 22.6 Å². The molecule has 1 aliphatic heterocycles. The summed E-state index contributed by atoms with van der Waals surface area (Å²) in [6.07, 6.45) is 0.0329. The van der Waals surface area contributed by atoms with Crippen molar-refractivity contribution in [1.29, 1.82) is 0 Å². The third-order valence-corrected chi connectivity index (χ3v) is 5.98. The quantitative estimate of drug-likeness (QED) is 0.486. The number of hydrogen-bond acceptors (Lipinski definition) is 3. The van der Waals surface area contributed by atoms with E-state index in [9.17, 15) is 13.2 Å². The second-order valence-corrected chi connectivity index (χ2v) is 8.21. The Kier molecular flexibility index (Phi) is 7.16. The minimum absolute atomic E-state index is 0.315. The molecule has 4 rings (SSSR count). The first-order valence-electron chi connectivity index (χ1n) is 10.4. The molecule has 1 aliphatic rings. The summed E-state index contributed by atoms with van der Waals surface area (Å²) in [5, 5.41) is 3.86. The maximum Gasteiger partial charge on any atom is 0.134 e. The van der Waals surface area contributed by atoms with E-state index in [-0.39, 0.29) is 12.2 Å². The van der Waals surface area contributed by atoms with Gasteiger partial charge in [-0.05, 0) is 36.2 Å². The van der Waals surface area contributed by atoms with Crippen LogP contribution in [-0.4, -0.2) is 19.2 Å². The molecule has 0 aromatic heterocycles. The maximum absolute atomic E-state index is 14.2. The van der Waals surface area contributed by atoms with Crippen molar-refractivity contribution >= 4 is 11.6 Å². The van der Waals surface area contributed by atoms with Gasteiger partial charge in [0.25, 0.3) is 0 Å². The molecule has 1 saturated heterocycles. The van der Waals surface area contributed by atoms with Crippen LogP contribution in [0.3, 0.4) is 0 Å². The predicted octanol–water partition coefficient (Wildman–Crippen LogP) is 5.75. The lowest BCUT2D eigenvalue weighted by molar-refractivity contribution is -0.177. The zero-order valence-electron chi connectivity index (χ0n) is 17.3. The lowest BCUT2D eigenvalue weighted by Crippen LogP contribution is -2.54. The van der Waals surface area contributed by atoms with E-state index in [1.165, 1.54) is 0 Å². The van der Waals surface area contributed by atoms with E-state index in [0.29, 0.717) is 43.3 Å². The van der Waals surface area contributed by atoms with Gasteiger partial charge in [-0.3, -0.25) is 0 Å². The molecule has 0 radical (unpaired) electrons. The first-order valence-corrected chi connectivity index (χ1v) is 10.8. The molecule has 0 amide bonds. The van der Waals surface area contributed by atoms with Gasteiger partial charge in [-0.2, -0.15) is 0 Å². The standard InChI is InChI=1S/C25H23ClF3NO2/c26-19-8-6-18(7-9-19)25(32-15-17-4-2-1-3-5-17)10-11-30-14-24(25)31-16-21-22(28)12-20(27)13-23(21)29/h1-9,12-13,24,30H,10-11,14-16H2. The second-order valence-electron chi connectivity index (χ2n) is 7.77. The van der Waals surface area contributed by atoms with Crippen LogP contribution in [0.15, 0.2) is 66.7 Å². The molecule has 0 bridgehead atoms. The van der Waals surface area contributed by atoms with E-state index in [0.717, 1.165) is 11.1 Å². The van der Waals surface area contributed by atoms with Crippen LogP contribution >= 0.6 is 11.6 Å². The highest BCUT2D eigenvalue weighted by molar-refractivity contribution is 6.30. The average molecular weight is 462 g/mol. The monoisotopic (exact) mass is 461 g/mol. The number of halogens is 4. The molecule has 1 fully saturated rings. The topological polar surface area (TPSA) is 30.5 Å². The SMILES string of the molecule is Fc1cc(F)c(COC2CNCCC2(OCc2ccccc2)c2ccc(Cl)cc2)c(F)c1. The molecule has 1 N–H and O–H groups in total. The van der Waals surface area contributed by atoms with Gasteiger partial charge in [0.15, 0.2) is 0 Å². The fourth-order valence-electron chi connectivity index (χ4n) is 4.02. The van der Waals surface area contributed by atoms with Gasteiger partial charge in [-0.1, -0.05) is 54.1 Å². The van der Waals surface area contributed by atoms with E-state index in [1.54, 1.807) is 12.1 Å². The molecule has 3 aromatic carbocycles. The summed E-state index contributed by atoms with van der Waals surface area (Å²) in [7, 11) is 0. The summed E-state index contributed by atoms with van der Waals surface area (Å²) >= 11 is 6.10. The van der Waals surface area contributed by atoms with Gasteiger partial charge in [0.2, 0.25) is 0 Å². The smallest absolute Gasteiger partial charge is 0.134 e. The van der Waals surface area contributed by atoms with Crippen LogP contribution < -0.4 is 5.32 Å². The fraction of sp³-hybridized carbons (Fsp3) is 0.280. The third kappa shape index (κ3) is 4.99. The largest absolute Gasteiger partial charge is 0.369 e. The van der Waals surface area contributed by atoms with E-state index in [1.807, 2.05) is 42.5 Å². The Bertz CT molecular complexity index is 1030. The molecule has 2 unspecified atom stereocenters. The number of ether oxygens (including phenoxy) is 2. The van der Waals surface area contributed by atoms with E-state index in [4.69, 9.17) is 21.1 Å². The lowest BCUT2D eigenvalue weighted by Gasteiger charge is -2.44. The number of piperidine rings is 1. The Morgan fingerprint density at radius 1 is 0.938 bits per heavy atom. The van der Waals surface area contributed by atoms with Crippen LogP contribution in [0.25, 0.3) is 0 Å². The molecule has 3 nitrogen and oxygen atoms in total. The van der Waals surface area contributed by atoms with Crippen LogP contribution in [0.1, 0.15) is 23.1 Å². The van der Waals surface area contributed by atoms with Crippen LogP contribution in [0, 0.1) is 17.5 Å². The zero-order chi connectivity index (χ0) is 22.6. The fourth-order valence-corrected chi connectivity index (χ4v) is 4.14. The highest BCUT2D eigenvalue weighted by Gasteiger charge is 2.44. The molecule has 0 saturated carbocycles. The highest BCUT2D eigenvalue weighted by Crippen LogP contribution is 2.39. The summed E-state index contributed by atoms with van der Waals surface area (Å²) in [5.41, 5.74) is 0.682. The molecule has 0 aliphatic carbocycles. The molecule has 3 aromatic rings. The van der Waals surface area contributed by atoms with Crippen molar-refractivity contribution in [2.75, 3.05) is 13.1 Å². The summed E-state index contributed by atoms with van der Waals surface area (Å²) in [4.78, 5) is 0. The third-order valence-electron chi connectivity index (χ3n) is 5.73. The molecular weight excluding hydrogens is 439 g/mol. The molecule has 0 spiro atoms. The van der Waals surface area contributed by atoms with Gasteiger partial charge in [0.05, 0.1) is 13.2 Å². The molecule has 2 atom stereocenters. The highest BCUT2D eigenvalue weighted by atomic mass is 35.5. The molecule has 7 heteroatoms. The molecule has 32 heavy (non-hydrogen) atoms. The summed E-state index contributed by atoms with van der Waals surface area (Å²) < 4.78 is 54.2. The van der Waals surface area contributed by atoms with Crippen LogP contribution in [0.2, 0.25) is 5.02 Å². The van der Waals surface area contributed by atoms with Gasteiger partial charge >= 0.3 is 0 Å². The first-order chi connectivity index (χ1) is 15.5. The Balaban J connectivity index is 1.63. The minimum Gasteiger partial charge on any atom is -0.369 e. The van der Waals surface area contributed by atoms with Crippen LogP contribution in [0.5, 0.6) is 0 Å². The van der Waals surface area contributed by atoms with Gasteiger partial charge < -0.3 is 14.8 Å². The van der Waals surface area contributed by atoms with Crippen molar-refractivity contribution in [2.45, 2.75) is 31.3 Å². The Morgan fingerprint density at radius 2 is 1.62 bits per heavy atom. The normalized spacial score (nSPS) is 20.9. The van der Waals surface area contributed by atoms with Gasteiger partial charge in [-0.25, -0.2) is 13.2 Å². The van der Waals surface area contributed by atoms with Crippen molar-refractivity contribution in [2.24, 2.45) is 0 Å².